The van der Waals surface area contributed by atoms with Gasteiger partial charge in [0.2, 0.25) is 5.91 Å². The maximum absolute atomic E-state index is 13.1. The third kappa shape index (κ3) is 8.58. The van der Waals surface area contributed by atoms with Crippen LogP contribution in [0.25, 0.3) is 11.1 Å². The van der Waals surface area contributed by atoms with E-state index in [1.54, 1.807) is 0 Å². The Morgan fingerprint density at radius 2 is 1.32 bits per heavy atom. The number of amides is 3. The third-order valence-corrected chi connectivity index (χ3v) is 6.81. The minimum Gasteiger partial charge on any atom is -0.449 e. The lowest BCUT2D eigenvalue weighted by Crippen LogP contribution is -2.48. The number of unbranched alkanes of at least 4 members (excludes halogenated alkanes) is 1. The highest BCUT2D eigenvalue weighted by Crippen LogP contribution is 2.44. The molecule has 1 aliphatic carbocycles. The molecular weight excluding hydrogens is 518 g/mol. The number of alkyl carbamates (subject to hydrolysis) is 2. The van der Waals surface area contributed by atoms with Crippen molar-refractivity contribution in [3.8, 4) is 11.1 Å². The van der Waals surface area contributed by atoms with Crippen molar-refractivity contribution < 1.29 is 23.9 Å². The predicted molar refractivity (Wildman–Crippen MR) is 159 cm³/mol. The number of carbonyl (C=O) groups excluding carboxylic acids is 3. The number of nitrogens with one attached hydrogen (secondary N) is 3. The molecule has 1 atom stereocenters. The van der Waals surface area contributed by atoms with Crippen LogP contribution in [0.5, 0.6) is 0 Å². The number of ether oxygens (including phenoxy) is 2. The van der Waals surface area contributed by atoms with Crippen LogP contribution in [0.4, 0.5) is 9.59 Å². The molecule has 3 amide bonds. The van der Waals surface area contributed by atoms with Crippen LogP contribution in [0.15, 0.2) is 78.9 Å². The Kier molecular flexibility index (Phi) is 10.0. The highest BCUT2D eigenvalue weighted by Gasteiger charge is 2.30. The molecule has 3 aromatic carbocycles. The molecule has 0 fully saturated rings. The monoisotopic (exact) mass is 557 g/mol. The molecule has 0 heterocycles. The molecule has 0 radical (unpaired) electrons. The van der Waals surface area contributed by atoms with Crippen LogP contribution in [0.2, 0.25) is 0 Å². The van der Waals surface area contributed by atoms with Gasteiger partial charge in [0.05, 0.1) is 0 Å². The van der Waals surface area contributed by atoms with Crippen molar-refractivity contribution in [2.24, 2.45) is 0 Å². The summed E-state index contributed by atoms with van der Waals surface area (Å²) >= 11 is 0. The molecule has 8 heteroatoms. The third-order valence-electron chi connectivity index (χ3n) is 6.81. The fourth-order valence-electron chi connectivity index (χ4n) is 4.93. The Morgan fingerprint density at radius 1 is 0.756 bits per heavy atom. The first kappa shape index (κ1) is 29.6. The van der Waals surface area contributed by atoms with E-state index in [1.165, 1.54) is 0 Å². The molecule has 41 heavy (non-hydrogen) atoms. The first-order valence-corrected chi connectivity index (χ1v) is 14.1. The van der Waals surface area contributed by atoms with Gasteiger partial charge in [-0.3, -0.25) is 4.79 Å². The lowest BCUT2D eigenvalue weighted by molar-refractivity contribution is -0.123. The molecule has 0 spiro atoms. The second kappa shape index (κ2) is 13.8. The molecule has 4 rings (SSSR count). The molecule has 8 nitrogen and oxygen atoms in total. The lowest BCUT2D eigenvalue weighted by atomic mass is 9.98. The summed E-state index contributed by atoms with van der Waals surface area (Å²) in [6, 6.07) is 25.0. The number of hydrogen-bond donors (Lipinski definition) is 3. The second-order valence-corrected chi connectivity index (χ2v) is 11.1. The summed E-state index contributed by atoms with van der Waals surface area (Å²) in [4.78, 5) is 37.8. The van der Waals surface area contributed by atoms with Gasteiger partial charge in [-0.15, -0.1) is 0 Å². The number of fused-ring (bicyclic) bond motifs is 3. The molecule has 216 valence electrons. The first-order chi connectivity index (χ1) is 19.7. The Morgan fingerprint density at radius 3 is 1.93 bits per heavy atom. The van der Waals surface area contributed by atoms with Crippen molar-refractivity contribution in [3.63, 3.8) is 0 Å². The molecule has 0 aliphatic heterocycles. The quantitative estimate of drug-likeness (QED) is 0.268. The zero-order valence-electron chi connectivity index (χ0n) is 23.9. The SMILES string of the molecule is CC(C)(C)OC(=O)NCCCCNC(=O)[C@@H](Cc1ccccc1)NC(=O)OCC1c2ccccc2-c2ccccc21. The van der Waals surface area contributed by atoms with Crippen LogP contribution in [0.1, 0.15) is 56.2 Å². The zero-order chi connectivity index (χ0) is 29.2. The van der Waals surface area contributed by atoms with Crippen molar-refractivity contribution in [1.82, 2.24) is 16.0 Å². The fraction of sp³-hybridized carbons (Fsp3) is 0.364. The van der Waals surface area contributed by atoms with Gasteiger partial charge in [0.1, 0.15) is 18.2 Å². The second-order valence-electron chi connectivity index (χ2n) is 11.1. The van der Waals surface area contributed by atoms with Crippen molar-refractivity contribution in [1.29, 1.82) is 0 Å². The Hall–Kier alpha value is -4.33. The summed E-state index contributed by atoms with van der Waals surface area (Å²) < 4.78 is 10.9. The molecular formula is C33H39N3O5. The van der Waals surface area contributed by atoms with E-state index >= 15 is 0 Å². The van der Waals surface area contributed by atoms with Crippen molar-refractivity contribution >= 4 is 18.1 Å². The molecule has 0 bridgehead atoms. The number of benzene rings is 3. The van der Waals surface area contributed by atoms with Crippen LogP contribution in [-0.2, 0) is 20.7 Å². The standard InChI is InChI=1S/C33H39N3O5/c1-33(2,3)41-31(38)35-20-12-11-19-34-30(37)29(21-23-13-5-4-6-14-23)36-32(39)40-22-28-26-17-9-7-15-24(26)25-16-8-10-18-27(25)28/h4-10,13-18,28-29H,11-12,19-22H2,1-3H3,(H,34,37)(H,35,38)(H,36,39)/t29-/m1/s1. The molecule has 0 unspecified atom stereocenters. The Labute approximate surface area is 241 Å². The molecule has 3 N–H and O–H groups in total. The van der Waals surface area contributed by atoms with Crippen LogP contribution in [-0.4, -0.2) is 49.4 Å². The minimum atomic E-state index is -0.798. The summed E-state index contributed by atoms with van der Waals surface area (Å²) in [6.07, 6.45) is 0.561. The summed E-state index contributed by atoms with van der Waals surface area (Å²) in [6.45, 7) is 6.45. The summed E-state index contributed by atoms with van der Waals surface area (Å²) in [5, 5.41) is 8.40. The summed E-state index contributed by atoms with van der Waals surface area (Å²) in [7, 11) is 0. The van der Waals surface area contributed by atoms with Crippen LogP contribution < -0.4 is 16.0 Å². The maximum atomic E-state index is 13.1. The summed E-state index contributed by atoms with van der Waals surface area (Å²) in [5.74, 6) is -0.355. The zero-order valence-corrected chi connectivity index (χ0v) is 23.9. The van der Waals surface area contributed by atoms with E-state index in [9.17, 15) is 14.4 Å². The van der Waals surface area contributed by atoms with Gasteiger partial charge in [-0.05, 0) is 61.4 Å². The predicted octanol–water partition coefficient (Wildman–Crippen LogP) is 5.56. The van der Waals surface area contributed by atoms with Gasteiger partial charge in [0.15, 0.2) is 0 Å². The summed E-state index contributed by atoms with van der Waals surface area (Å²) in [5.41, 5.74) is 4.93. The average molecular weight is 558 g/mol. The average Bonchev–Trinajstić information content (AvgIpc) is 3.26. The van der Waals surface area contributed by atoms with E-state index in [1.807, 2.05) is 75.4 Å². The van der Waals surface area contributed by atoms with Crippen molar-refractivity contribution in [3.05, 3.63) is 95.6 Å². The maximum Gasteiger partial charge on any atom is 0.407 e. The first-order valence-electron chi connectivity index (χ1n) is 14.1. The van der Waals surface area contributed by atoms with E-state index in [2.05, 4.69) is 40.2 Å². The van der Waals surface area contributed by atoms with E-state index in [-0.39, 0.29) is 18.4 Å². The molecule has 0 saturated heterocycles. The molecule has 0 aromatic heterocycles. The van der Waals surface area contributed by atoms with Gasteiger partial charge in [0, 0.05) is 25.4 Å². The Balaban J connectivity index is 1.29. The van der Waals surface area contributed by atoms with Crippen molar-refractivity contribution in [2.45, 2.75) is 57.6 Å². The van der Waals surface area contributed by atoms with Gasteiger partial charge in [-0.1, -0.05) is 78.9 Å². The topological polar surface area (TPSA) is 106 Å². The van der Waals surface area contributed by atoms with Gasteiger partial charge < -0.3 is 25.4 Å². The number of carbonyl (C=O) groups is 3. The van der Waals surface area contributed by atoms with Gasteiger partial charge >= 0.3 is 12.2 Å². The van der Waals surface area contributed by atoms with Gasteiger partial charge in [-0.25, -0.2) is 9.59 Å². The number of hydrogen-bond acceptors (Lipinski definition) is 5. The lowest BCUT2D eigenvalue weighted by Gasteiger charge is -2.20. The normalized spacial score (nSPS) is 13.0. The van der Waals surface area contributed by atoms with E-state index in [0.717, 1.165) is 27.8 Å². The molecule has 1 aliphatic rings. The fourth-order valence-corrected chi connectivity index (χ4v) is 4.93. The Bertz CT molecular complexity index is 1290. The van der Waals surface area contributed by atoms with E-state index < -0.39 is 23.8 Å². The van der Waals surface area contributed by atoms with Crippen LogP contribution >= 0.6 is 0 Å². The van der Waals surface area contributed by atoms with Gasteiger partial charge in [0.25, 0.3) is 0 Å². The highest BCUT2D eigenvalue weighted by atomic mass is 16.6. The van der Waals surface area contributed by atoms with Crippen molar-refractivity contribution in [2.75, 3.05) is 19.7 Å². The van der Waals surface area contributed by atoms with Crippen LogP contribution in [0, 0.1) is 0 Å². The number of rotatable bonds is 11. The van der Waals surface area contributed by atoms with Crippen LogP contribution in [0.3, 0.4) is 0 Å². The van der Waals surface area contributed by atoms with E-state index in [0.29, 0.717) is 32.4 Å². The molecule has 0 saturated carbocycles. The minimum absolute atomic E-state index is 0.0659. The van der Waals surface area contributed by atoms with E-state index in [4.69, 9.17) is 9.47 Å². The van der Waals surface area contributed by atoms with Gasteiger partial charge in [-0.2, -0.15) is 0 Å². The largest absolute Gasteiger partial charge is 0.449 e. The highest BCUT2D eigenvalue weighted by molar-refractivity contribution is 5.86. The molecule has 3 aromatic rings. The smallest absolute Gasteiger partial charge is 0.407 e.